The summed E-state index contributed by atoms with van der Waals surface area (Å²) in [5.41, 5.74) is 3.03. The van der Waals surface area contributed by atoms with E-state index in [4.69, 9.17) is 4.42 Å². The number of halogens is 1. The number of rotatable bonds is 1. The third-order valence-corrected chi connectivity index (χ3v) is 3.57. The van der Waals surface area contributed by atoms with E-state index in [0.717, 1.165) is 23.5 Å². The standard InChI is InChI=1S/C16H14N2O.HI/c1-17-9-10-18(11-17)14-7-4-6-13-12-5-2-3-8-15(12)19-16(13)14;/h2-10H,11H2,1H3;1H. The summed E-state index contributed by atoms with van der Waals surface area (Å²) in [4.78, 5) is 4.34. The Morgan fingerprint density at radius 2 is 1.75 bits per heavy atom. The van der Waals surface area contributed by atoms with Crippen LogP contribution in [0.15, 0.2) is 59.3 Å². The van der Waals surface area contributed by atoms with Crippen LogP contribution in [0.1, 0.15) is 0 Å². The number of benzene rings is 2. The zero-order chi connectivity index (χ0) is 12.8. The Morgan fingerprint density at radius 3 is 2.55 bits per heavy atom. The molecule has 102 valence electrons. The lowest BCUT2D eigenvalue weighted by molar-refractivity contribution is 0.495. The molecule has 2 aromatic carbocycles. The van der Waals surface area contributed by atoms with E-state index in [-0.39, 0.29) is 24.0 Å². The van der Waals surface area contributed by atoms with E-state index >= 15 is 0 Å². The topological polar surface area (TPSA) is 19.6 Å². The van der Waals surface area contributed by atoms with Crippen molar-refractivity contribution in [1.82, 2.24) is 4.90 Å². The summed E-state index contributed by atoms with van der Waals surface area (Å²) >= 11 is 0. The molecule has 3 nitrogen and oxygen atoms in total. The molecule has 0 saturated carbocycles. The molecule has 0 bridgehead atoms. The third-order valence-electron chi connectivity index (χ3n) is 3.57. The number of fused-ring (bicyclic) bond motifs is 3. The lowest BCUT2D eigenvalue weighted by Crippen LogP contribution is -2.21. The smallest absolute Gasteiger partial charge is 0.159 e. The first kappa shape index (κ1) is 13.3. The van der Waals surface area contributed by atoms with Gasteiger partial charge in [-0.2, -0.15) is 0 Å². The molecule has 3 aromatic rings. The number of furan rings is 1. The maximum atomic E-state index is 6.04. The first-order valence-electron chi connectivity index (χ1n) is 6.38. The number of nitrogens with zero attached hydrogens (tertiary/aromatic N) is 2. The molecule has 0 N–H and O–H groups in total. The second kappa shape index (κ2) is 5.01. The van der Waals surface area contributed by atoms with Crippen LogP contribution in [0.2, 0.25) is 0 Å². The summed E-state index contributed by atoms with van der Waals surface area (Å²) in [5, 5.41) is 2.35. The van der Waals surface area contributed by atoms with E-state index in [1.165, 1.54) is 10.8 Å². The van der Waals surface area contributed by atoms with Gasteiger partial charge in [-0.25, -0.2) is 0 Å². The fraction of sp³-hybridized carbons (Fsp3) is 0.125. The first-order chi connectivity index (χ1) is 9.33. The Hall–Kier alpha value is -1.69. The van der Waals surface area contributed by atoms with Crippen molar-refractivity contribution in [2.45, 2.75) is 0 Å². The van der Waals surface area contributed by atoms with E-state index in [1.807, 2.05) is 18.2 Å². The lowest BCUT2D eigenvalue weighted by atomic mass is 10.1. The second-order valence-corrected chi connectivity index (χ2v) is 4.92. The van der Waals surface area contributed by atoms with E-state index in [2.05, 4.69) is 53.5 Å². The van der Waals surface area contributed by atoms with Gasteiger partial charge >= 0.3 is 0 Å². The SMILES string of the molecule is CN1C=CN(c2cccc3c2oc2ccccc23)C1.I. The minimum atomic E-state index is 0. The molecule has 0 saturated heterocycles. The van der Waals surface area contributed by atoms with Crippen molar-refractivity contribution in [3.8, 4) is 0 Å². The highest BCUT2D eigenvalue weighted by Gasteiger charge is 2.17. The van der Waals surface area contributed by atoms with Crippen molar-refractivity contribution in [1.29, 1.82) is 0 Å². The van der Waals surface area contributed by atoms with Crippen LogP contribution in [-0.2, 0) is 0 Å². The molecule has 4 rings (SSSR count). The number of hydrogen-bond donors (Lipinski definition) is 0. The minimum absolute atomic E-state index is 0. The van der Waals surface area contributed by atoms with E-state index in [9.17, 15) is 0 Å². The molecule has 0 amide bonds. The Kier molecular flexibility index (Phi) is 3.33. The van der Waals surface area contributed by atoms with Gasteiger partial charge in [-0.15, -0.1) is 24.0 Å². The molecule has 4 heteroatoms. The van der Waals surface area contributed by atoms with Crippen molar-refractivity contribution >= 4 is 51.6 Å². The van der Waals surface area contributed by atoms with E-state index in [0.29, 0.717) is 0 Å². The maximum absolute atomic E-state index is 6.04. The predicted octanol–water partition coefficient (Wildman–Crippen LogP) is 4.38. The van der Waals surface area contributed by atoms with E-state index in [1.54, 1.807) is 0 Å². The van der Waals surface area contributed by atoms with Gasteiger partial charge in [0.05, 0.1) is 12.4 Å². The third kappa shape index (κ3) is 1.95. The quantitative estimate of drug-likeness (QED) is 0.586. The second-order valence-electron chi connectivity index (χ2n) is 4.92. The van der Waals surface area contributed by atoms with Crippen LogP contribution in [-0.4, -0.2) is 18.6 Å². The van der Waals surface area contributed by atoms with Crippen LogP contribution in [0.3, 0.4) is 0 Å². The van der Waals surface area contributed by atoms with Gasteiger partial charge in [-0.1, -0.05) is 30.3 Å². The Labute approximate surface area is 134 Å². The molecular weight excluding hydrogens is 363 g/mol. The van der Waals surface area contributed by atoms with E-state index < -0.39 is 0 Å². The zero-order valence-electron chi connectivity index (χ0n) is 11.1. The average molecular weight is 378 g/mol. The van der Waals surface area contributed by atoms with Crippen molar-refractivity contribution in [2.75, 3.05) is 18.6 Å². The molecule has 0 spiro atoms. The van der Waals surface area contributed by atoms with Crippen LogP contribution in [0, 0.1) is 0 Å². The predicted molar refractivity (Wildman–Crippen MR) is 93.4 cm³/mol. The lowest BCUT2D eigenvalue weighted by Gasteiger charge is -2.18. The van der Waals surface area contributed by atoms with Crippen LogP contribution in [0.5, 0.6) is 0 Å². The molecule has 0 fully saturated rings. The fourth-order valence-electron chi connectivity index (χ4n) is 2.64. The normalized spacial score (nSPS) is 14.2. The fourth-order valence-corrected chi connectivity index (χ4v) is 2.64. The van der Waals surface area contributed by atoms with Gasteiger partial charge in [0.1, 0.15) is 5.58 Å². The molecule has 1 aliphatic heterocycles. The highest BCUT2D eigenvalue weighted by Crippen LogP contribution is 2.35. The summed E-state index contributed by atoms with van der Waals surface area (Å²) in [7, 11) is 2.06. The molecule has 0 radical (unpaired) electrons. The molecule has 20 heavy (non-hydrogen) atoms. The average Bonchev–Trinajstić information content (AvgIpc) is 3.02. The molecule has 0 atom stereocenters. The molecular formula is C16H15IN2O. The van der Waals surface area contributed by atoms with Crippen LogP contribution in [0.25, 0.3) is 21.9 Å². The van der Waals surface area contributed by atoms with Crippen molar-refractivity contribution in [3.05, 3.63) is 54.9 Å². The summed E-state index contributed by atoms with van der Waals surface area (Å²) in [6.45, 7) is 0.857. The van der Waals surface area contributed by atoms with Gasteiger partial charge in [0.15, 0.2) is 5.58 Å². The van der Waals surface area contributed by atoms with Crippen LogP contribution < -0.4 is 4.90 Å². The number of hydrogen-bond acceptors (Lipinski definition) is 3. The van der Waals surface area contributed by atoms with Crippen LogP contribution in [0.4, 0.5) is 5.69 Å². The Balaban J connectivity index is 0.00000121. The zero-order valence-corrected chi connectivity index (χ0v) is 13.4. The van der Waals surface area contributed by atoms with Crippen molar-refractivity contribution in [2.24, 2.45) is 0 Å². The summed E-state index contributed by atoms with van der Waals surface area (Å²) in [6.07, 6.45) is 4.16. The monoisotopic (exact) mass is 378 g/mol. The molecule has 2 heterocycles. The molecule has 0 unspecified atom stereocenters. The molecule has 1 aliphatic rings. The van der Waals surface area contributed by atoms with Gasteiger partial charge in [-0.3, -0.25) is 0 Å². The molecule has 0 aliphatic carbocycles. The van der Waals surface area contributed by atoms with Gasteiger partial charge in [0, 0.05) is 30.2 Å². The van der Waals surface area contributed by atoms with Gasteiger partial charge in [0.2, 0.25) is 0 Å². The number of anilines is 1. The summed E-state index contributed by atoms with van der Waals surface area (Å²) in [6, 6.07) is 14.5. The minimum Gasteiger partial charge on any atom is -0.454 e. The van der Waals surface area contributed by atoms with Crippen molar-refractivity contribution < 1.29 is 4.42 Å². The van der Waals surface area contributed by atoms with Crippen LogP contribution >= 0.6 is 24.0 Å². The largest absolute Gasteiger partial charge is 0.454 e. The van der Waals surface area contributed by atoms with Gasteiger partial charge < -0.3 is 14.2 Å². The summed E-state index contributed by atoms with van der Waals surface area (Å²) in [5.74, 6) is 0. The number of para-hydroxylation sites is 2. The molecule has 1 aromatic heterocycles. The van der Waals surface area contributed by atoms with Gasteiger partial charge in [0.25, 0.3) is 0 Å². The summed E-state index contributed by atoms with van der Waals surface area (Å²) < 4.78 is 6.04. The Bertz CT molecular complexity index is 793. The highest BCUT2D eigenvalue weighted by atomic mass is 127. The van der Waals surface area contributed by atoms with Gasteiger partial charge in [-0.05, 0) is 12.1 Å². The first-order valence-corrected chi connectivity index (χ1v) is 6.38. The Morgan fingerprint density at radius 1 is 0.950 bits per heavy atom. The highest BCUT2D eigenvalue weighted by molar-refractivity contribution is 14.0. The maximum Gasteiger partial charge on any atom is 0.159 e. The van der Waals surface area contributed by atoms with Crippen molar-refractivity contribution in [3.63, 3.8) is 0 Å².